The molecule has 8 heteroatoms. The van der Waals surface area contributed by atoms with E-state index in [4.69, 9.17) is 9.84 Å². The number of aliphatic carboxylic acids is 1. The first-order valence-electron chi connectivity index (χ1n) is 6.53. The first kappa shape index (κ1) is 16.0. The number of carboxylic acids is 1. The van der Waals surface area contributed by atoms with Crippen LogP contribution in [-0.2, 0) is 4.79 Å². The zero-order valence-corrected chi connectivity index (χ0v) is 11.9. The lowest BCUT2D eigenvalue weighted by Crippen LogP contribution is -2.10. The summed E-state index contributed by atoms with van der Waals surface area (Å²) in [5.74, 6) is -0.676. The minimum Gasteiger partial charge on any atom is -0.481 e. The molecule has 0 aliphatic heterocycles. The van der Waals surface area contributed by atoms with Crippen molar-refractivity contribution >= 4 is 23.6 Å². The van der Waals surface area contributed by atoms with Crippen LogP contribution >= 0.6 is 0 Å². The fourth-order valence-corrected chi connectivity index (χ4v) is 1.69. The number of para-hydroxylation sites is 1. The summed E-state index contributed by atoms with van der Waals surface area (Å²) in [5, 5.41) is 23.2. The van der Waals surface area contributed by atoms with Gasteiger partial charge in [-0.1, -0.05) is 12.1 Å². The molecule has 0 heterocycles. The molecule has 2 rings (SSSR count). The minimum absolute atomic E-state index is 0.00746. The molecule has 0 unspecified atom stereocenters. The minimum atomic E-state index is -1.07. The second-order valence-corrected chi connectivity index (χ2v) is 4.39. The Morgan fingerprint density at radius 1 is 1.26 bits per heavy atom. The van der Waals surface area contributed by atoms with Crippen LogP contribution in [0.4, 0.5) is 11.4 Å². The Kier molecular flexibility index (Phi) is 5.24. The van der Waals surface area contributed by atoms with Crippen LogP contribution in [0, 0.1) is 10.1 Å². The Bertz CT molecular complexity index is 728. The number of hydrazone groups is 1. The smallest absolute Gasteiger partial charge is 0.341 e. The average molecular weight is 315 g/mol. The highest BCUT2D eigenvalue weighted by molar-refractivity contribution is 5.84. The van der Waals surface area contributed by atoms with Gasteiger partial charge < -0.3 is 9.84 Å². The number of benzene rings is 2. The zero-order chi connectivity index (χ0) is 16.7. The summed E-state index contributed by atoms with van der Waals surface area (Å²) in [6.07, 6.45) is 1.47. The van der Waals surface area contributed by atoms with Crippen molar-refractivity contribution in [3.8, 4) is 5.75 Å². The number of hydrogen-bond donors (Lipinski definition) is 2. The molecule has 118 valence electrons. The van der Waals surface area contributed by atoms with E-state index in [1.807, 2.05) is 0 Å². The molecular weight excluding hydrogens is 302 g/mol. The number of rotatable bonds is 7. The Labute approximate surface area is 131 Å². The van der Waals surface area contributed by atoms with E-state index in [2.05, 4.69) is 10.5 Å². The molecule has 0 aliphatic carbocycles. The topological polar surface area (TPSA) is 114 Å². The third kappa shape index (κ3) is 4.81. The summed E-state index contributed by atoms with van der Waals surface area (Å²) in [5.41, 5.74) is 3.90. The van der Waals surface area contributed by atoms with Crippen molar-refractivity contribution in [3.05, 3.63) is 64.2 Å². The van der Waals surface area contributed by atoms with Crippen LogP contribution in [0.1, 0.15) is 5.56 Å². The lowest BCUT2D eigenvalue weighted by atomic mass is 10.2. The number of anilines is 1. The van der Waals surface area contributed by atoms with Gasteiger partial charge in [0, 0.05) is 17.7 Å². The number of carbonyl (C=O) groups is 1. The highest BCUT2D eigenvalue weighted by atomic mass is 16.6. The van der Waals surface area contributed by atoms with Crippen molar-refractivity contribution < 1.29 is 19.6 Å². The Morgan fingerprint density at radius 3 is 2.61 bits per heavy atom. The molecule has 0 saturated carbocycles. The van der Waals surface area contributed by atoms with Crippen LogP contribution < -0.4 is 10.2 Å². The lowest BCUT2D eigenvalue weighted by molar-refractivity contribution is -0.384. The summed E-state index contributed by atoms with van der Waals surface area (Å²) in [6.45, 7) is -0.444. The molecule has 8 nitrogen and oxygen atoms in total. The van der Waals surface area contributed by atoms with Crippen LogP contribution in [-0.4, -0.2) is 28.8 Å². The van der Waals surface area contributed by atoms with E-state index in [1.54, 1.807) is 24.3 Å². The Morgan fingerprint density at radius 2 is 1.96 bits per heavy atom. The van der Waals surface area contributed by atoms with Gasteiger partial charge in [0.25, 0.3) is 5.69 Å². The second-order valence-electron chi connectivity index (χ2n) is 4.39. The van der Waals surface area contributed by atoms with Gasteiger partial charge >= 0.3 is 5.97 Å². The summed E-state index contributed by atoms with van der Waals surface area (Å²) in [7, 11) is 0. The van der Waals surface area contributed by atoms with Gasteiger partial charge in [-0.15, -0.1) is 0 Å². The molecule has 0 bridgehead atoms. The van der Waals surface area contributed by atoms with Crippen molar-refractivity contribution in [3.63, 3.8) is 0 Å². The largest absolute Gasteiger partial charge is 0.481 e. The van der Waals surface area contributed by atoms with Crippen molar-refractivity contribution in [1.82, 2.24) is 0 Å². The van der Waals surface area contributed by atoms with E-state index in [-0.39, 0.29) is 5.69 Å². The quantitative estimate of drug-likeness (QED) is 0.461. The predicted octanol–water partition coefficient (Wildman–Crippen LogP) is 2.50. The fourth-order valence-electron chi connectivity index (χ4n) is 1.69. The molecule has 0 amide bonds. The van der Waals surface area contributed by atoms with Gasteiger partial charge in [-0.25, -0.2) is 4.79 Å². The molecule has 2 aromatic rings. The number of ether oxygens (including phenoxy) is 1. The second kappa shape index (κ2) is 7.55. The standard InChI is InChI=1S/C15H13N3O5/c19-15(20)10-23-14-4-2-1-3-11(14)9-16-17-12-5-7-13(8-6-12)18(21)22/h1-9,17H,10H2,(H,19,20)/b16-9+. The maximum Gasteiger partial charge on any atom is 0.341 e. The van der Waals surface area contributed by atoms with Crippen LogP contribution in [0.5, 0.6) is 5.75 Å². The first-order valence-corrected chi connectivity index (χ1v) is 6.53. The van der Waals surface area contributed by atoms with Gasteiger partial charge in [-0.3, -0.25) is 15.5 Å². The van der Waals surface area contributed by atoms with Crippen molar-refractivity contribution in [2.45, 2.75) is 0 Å². The highest BCUT2D eigenvalue weighted by Gasteiger charge is 2.04. The maximum atomic E-state index is 10.6. The van der Waals surface area contributed by atoms with E-state index in [9.17, 15) is 14.9 Å². The van der Waals surface area contributed by atoms with Gasteiger partial charge in [-0.2, -0.15) is 5.10 Å². The number of nitro groups is 1. The number of hydrogen-bond acceptors (Lipinski definition) is 6. The summed E-state index contributed by atoms with van der Waals surface area (Å²) < 4.78 is 5.15. The number of nitrogens with one attached hydrogen (secondary N) is 1. The molecule has 0 atom stereocenters. The molecule has 0 saturated heterocycles. The lowest BCUT2D eigenvalue weighted by Gasteiger charge is -2.06. The van der Waals surface area contributed by atoms with E-state index in [1.165, 1.54) is 30.5 Å². The molecule has 0 spiro atoms. The van der Waals surface area contributed by atoms with Crippen molar-refractivity contribution in [2.24, 2.45) is 5.10 Å². The average Bonchev–Trinajstić information content (AvgIpc) is 2.54. The Balaban J connectivity index is 2.02. The summed E-state index contributed by atoms with van der Waals surface area (Å²) in [6, 6.07) is 12.6. The van der Waals surface area contributed by atoms with Gasteiger partial charge in [0.05, 0.1) is 16.8 Å². The Hall–Kier alpha value is -3.42. The van der Waals surface area contributed by atoms with Crippen LogP contribution in [0.3, 0.4) is 0 Å². The SMILES string of the molecule is O=C(O)COc1ccccc1/C=N/Nc1ccc([N+](=O)[O-])cc1. The van der Waals surface area contributed by atoms with E-state index >= 15 is 0 Å². The maximum absolute atomic E-state index is 10.6. The van der Waals surface area contributed by atoms with Gasteiger partial charge in [0.15, 0.2) is 6.61 Å². The highest BCUT2D eigenvalue weighted by Crippen LogP contribution is 2.17. The number of nitrogens with zero attached hydrogens (tertiary/aromatic N) is 2. The van der Waals surface area contributed by atoms with Gasteiger partial charge in [0.2, 0.25) is 0 Å². The summed E-state index contributed by atoms with van der Waals surface area (Å²) >= 11 is 0. The van der Waals surface area contributed by atoms with E-state index < -0.39 is 17.5 Å². The molecule has 0 radical (unpaired) electrons. The van der Waals surface area contributed by atoms with E-state index in [0.717, 1.165) is 0 Å². The summed E-state index contributed by atoms with van der Waals surface area (Å²) in [4.78, 5) is 20.6. The third-order valence-electron chi connectivity index (χ3n) is 2.75. The number of non-ortho nitro benzene ring substituents is 1. The normalized spacial score (nSPS) is 10.4. The van der Waals surface area contributed by atoms with Gasteiger partial charge in [-0.05, 0) is 24.3 Å². The zero-order valence-electron chi connectivity index (χ0n) is 11.9. The third-order valence-corrected chi connectivity index (χ3v) is 2.75. The van der Waals surface area contributed by atoms with Crippen LogP contribution in [0.25, 0.3) is 0 Å². The molecule has 0 fully saturated rings. The molecule has 2 aromatic carbocycles. The van der Waals surface area contributed by atoms with Crippen molar-refractivity contribution in [2.75, 3.05) is 12.0 Å². The van der Waals surface area contributed by atoms with E-state index in [0.29, 0.717) is 17.0 Å². The first-order chi connectivity index (χ1) is 11.1. The molecule has 23 heavy (non-hydrogen) atoms. The molecular formula is C15H13N3O5. The van der Waals surface area contributed by atoms with Crippen molar-refractivity contribution in [1.29, 1.82) is 0 Å². The van der Waals surface area contributed by atoms with Crippen LogP contribution in [0.2, 0.25) is 0 Å². The molecule has 0 aromatic heterocycles. The van der Waals surface area contributed by atoms with Gasteiger partial charge in [0.1, 0.15) is 5.75 Å². The number of carboxylic acid groups (broad SMARTS) is 1. The molecule has 2 N–H and O–H groups in total. The number of nitro benzene ring substituents is 1. The monoisotopic (exact) mass is 315 g/mol. The molecule has 0 aliphatic rings. The predicted molar refractivity (Wildman–Crippen MR) is 83.9 cm³/mol. The van der Waals surface area contributed by atoms with Crippen LogP contribution in [0.15, 0.2) is 53.6 Å². The fraction of sp³-hybridized carbons (Fsp3) is 0.0667.